The number of methoxy groups -OCH3 is 1. The second-order valence-corrected chi connectivity index (χ2v) is 7.04. The van der Waals surface area contributed by atoms with Crippen LogP contribution in [0.3, 0.4) is 0 Å². The van der Waals surface area contributed by atoms with Gasteiger partial charge in [0.1, 0.15) is 12.3 Å². The van der Waals surface area contributed by atoms with E-state index < -0.39 is 29.7 Å². The number of alkyl halides is 3. The maximum atomic E-state index is 12.9. The fraction of sp³-hybridized carbons (Fsp3) is 0.333. The maximum Gasteiger partial charge on any atom is 0.416 e. The third kappa shape index (κ3) is 5.10. The van der Waals surface area contributed by atoms with Crippen LogP contribution in [0, 0.1) is 0 Å². The quantitative estimate of drug-likeness (QED) is 0.822. The van der Waals surface area contributed by atoms with Crippen molar-refractivity contribution in [2.75, 3.05) is 26.7 Å². The van der Waals surface area contributed by atoms with Gasteiger partial charge in [-0.25, -0.2) is 0 Å². The van der Waals surface area contributed by atoms with Crippen molar-refractivity contribution in [2.24, 2.45) is 0 Å². The molecule has 0 aromatic heterocycles. The average Bonchev–Trinajstić information content (AvgIpc) is 2.85. The van der Waals surface area contributed by atoms with Crippen molar-refractivity contribution >= 4 is 11.8 Å². The summed E-state index contributed by atoms with van der Waals surface area (Å²) in [4.78, 5) is 27.9. The van der Waals surface area contributed by atoms with E-state index in [2.05, 4.69) is 0 Å². The zero-order valence-corrected chi connectivity index (χ0v) is 16.2. The Kier molecular flexibility index (Phi) is 6.31. The summed E-state index contributed by atoms with van der Waals surface area (Å²) in [5.74, 6) is -0.471. The lowest BCUT2D eigenvalue weighted by Crippen LogP contribution is -2.39. The highest BCUT2D eigenvalue weighted by Crippen LogP contribution is 2.30. The molecule has 1 atom stereocenters. The maximum absolute atomic E-state index is 12.9. The van der Waals surface area contributed by atoms with E-state index in [1.807, 2.05) is 0 Å². The molecule has 2 amide bonds. The number of nitrogens with zero attached hydrogens (tertiary/aromatic N) is 2. The summed E-state index contributed by atoms with van der Waals surface area (Å²) in [6.07, 6.45) is -5.61. The zero-order valence-electron chi connectivity index (χ0n) is 16.2. The largest absolute Gasteiger partial charge is 0.497 e. The highest BCUT2D eigenvalue weighted by molar-refractivity contribution is 5.97. The molecule has 1 heterocycles. The van der Waals surface area contributed by atoms with E-state index in [0.29, 0.717) is 5.75 Å². The van der Waals surface area contributed by atoms with E-state index in [1.54, 1.807) is 31.4 Å². The van der Waals surface area contributed by atoms with E-state index in [4.69, 9.17) is 4.74 Å². The zero-order chi connectivity index (χ0) is 21.9. The third-order valence-electron chi connectivity index (χ3n) is 4.80. The van der Waals surface area contributed by atoms with Gasteiger partial charge in [0.05, 0.1) is 18.8 Å². The number of aliphatic hydroxyl groups excluding tert-OH is 1. The lowest BCUT2D eigenvalue weighted by atomic mass is 10.1. The van der Waals surface area contributed by atoms with Crippen LogP contribution in [-0.4, -0.2) is 59.6 Å². The molecule has 160 valence electrons. The molecule has 0 aliphatic carbocycles. The number of amides is 2. The number of hydrogen-bond acceptors (Lipinski definition) is 4. The third-order valence-corrected chi connectivity index (χ3v) is 4.80. The van der Waals surface area contributed by atoms with E-state index >= 15 is 0 Å². The predicted molar refractivity (Wildman–Crippen MR) is 102 cm³/mol. The Hall–Kier alpha value is -3.07. The lowest BCUT2D eigenvalue weighted by Gasteiger charge is -2.22. The minimum Gasteiger partial charge on any atom is -0.497 e. The van der Waals surface area contributed by atoms with Crippen LogP contribution in [0.25, 0.3) is 0 Å². The van der Waals surface area contributed by atoms with Crippen molar-refractivity contribution in [3.8, 4) is 5.75 Å². The normalized spacial score (nSPS) is 17.6. The molecule has 2 aromatic carbocycles. The van der Waals surface area contributed by atoms with Crippen molar-refractivity contribution < 1.29 is 32.6 Å². The second-order valence-electron chi connectivity index (χ2n) is 7.04. The van der Waals surface area contributed by atoms with E-state index in [1.165, 1.54) is 11.0 Å². The molecule has 6 nitrogen and oxygen atoms in total. The number of hydrogen-bond donors (Lipinski definition) is 1. The molecule has 1 saturated heterocycles. The van der Waals surface area contributed by atoms with Crippen LogP contribution in [0.4, 0.5) is 13.2 Å². The molecule has 0 bridgehead atoms. The number of ether oxygens (including phenoxy) is 1. The Morgan fingerprint density at radius 3 is 2.50 bits per heavy atom. The van der Waals surface area contributed by atoms with Crippen molar-refractivity contribution in [2.45, 2.75) is 18.8 Å². The van der Waals surface area contributed by atoms with Crippen molar-refractivity contribution in [3.63, 3.8) is 0 Å². The number of carbonyl (C=O) groups excluding carboxylic acids is 2. The molecule has 0 spiro atoms. The first-order chi connectivity index (χ1) is 14.2. The number of rotatable bonds is 4. The fourth-order valence-corrected chi connectivity index (χ4v) is 3.27. The minimum absolute atomic E-state index is 0.0111. The predicted octanol–water partition coefficient (Wildman–Crippen LogP) is 2.56. The number of aliphatic hydroxyl groups is 1. The molecular formula is C21H21F3N2O4. The van der Waals surface area contributed by atoms with Crippen molar-refractivity contribution in [1.29, 1.82) is 0 Å². The van der Waals surface area contributed by atoms with Crippen LogP contribution >= 0.6 is 0 Å². The van der Waals surface area contributed by atoms with Crippen molar-refractivity contribution in [1.82, 2.24) is 9.80 Å². The molecular weight excluding hydrogens is 401 g/mol. The van der Waals surface area contributed by atoms with Gasteiger partial charge in [-0.05, 0) is 35.9 Å². The van der Waals surface area contributed by atoms with Crippen LogP contribution < -0.4 is 4.74 Å². The summed E-state index contributed by atoms with van der Waals surface area (Å²) in [6.45, 7) is -0.245. The first-order valence-electron chi connectivity index (χ1n) is 9.22. The van der Waals surface area contributed by atoms with Gasteiger partial charge in [0.2, 0.25) is 5.91 Å². The summed E-state index contributed by atoms with van der Waals surface area (Å²) >= 11 is 0. The van der Waals surface area contributed by atoms with Crippen LogP contribution in [0.2, 0.25) is 0 Å². The first-order valence-corrected chi connectivity index (χ1v) is 9.22. The van der Waals surface area contributed by atoms with Gasteiger partial charge in [0.15, 0.2) is 0 Å². The Morgan fingerprint density at radius 2 is 1.87 bits per heavy atom. The van der Waals surface area contributed by atoms with Crippen molar-refractivity contribution in [3.05, 3.63) is 65.2 Å². The van der Waals surface area contributed by atoms with Crippen LogP contribution in [0.1, 0.15) is 21.5 Å². The molecule has 2 aromatic rings. The first kappa shape index (κ1) is 21.6. The summed E-state index contributed by atoms with van der Waals surface area (Å²) in [6, 6.07) is 11.1. The van der Waals surface area contributed by atoms with Gasteiger partial charge in [0, 0.05) is 25.2 Å². The van der Waals surface area contributed by atoms with Gasteiger partial charge < -0.3 is 19.6 Å². The molecule has 30 heavy (non-hydrogen) atoms. The number of carbonyl (C=O) groups is 2. The van der Waals surface area contributed by atoms with Crippen LogP contribution in [0.5, 0.6) is 5.75 Å². The summed E-state index contributed by atoms with van der Waals surface area (Å²) < 4.78 is 43.9. The van der Waals surface area contributed by atoms with Gasteiger partial charge in [-0.15, -0.1) is 0 Å². The molecule has 1 aliphatic heterocycles. The summed E-state index contributed by atoms with van der Waals surface area (Å²) in [5, 5.41) is 10.3. The number of β-amino-alcohol motifs (C(OH)–C–C–N with tert-alkyl or cyclic N) is 1. The molecule has 1 aliphatic rings. The standard InChI is InChI=1S/C21H21F3N2O4/c1-30-18-7-5-14(6-8-18)10-25-11-17(27)12-26(13-19(25)28)20(29)15-3-2-4-16(9-15)21(22,23)24/h2-9,17,27H,10-13H2,1H3. The molecule has 1 unspecified atom stereocenters. The highest BCUT2D eigenvalue weighted by Gasteiger charge is 2.33. The average molecular weight is 422 g/mol. The van der Waals surface area contributed by atoms with Gasteiger partial charge >= 0.3 is 6.18 Å². The molecule has 1 fully saturated rings. The monoisotopic (exact) mass is 422 g/mol. The van der Waals surface area contributed by atoms with E-state index in [-0.39, 0.29) is 31.7 Å². The number of benzene rings is 2. The topological polar surface area (TPSA) is 70.1 Å². The van der Waals surface area contributed by atoms with E-state index in [9.17, 15) is 27.9 Å². The number of halogens is 3. The fourth-order valence-electron chi connectivity index (χ4n) is 3.27. The van der Waals surface area contributed by atoms with Crippen LogP contribution in [-0.2, 0) is 17.5 Å². The smallest absolute Gasteiger partial charge is 0.416 e. The Bertz CT molecular complexity index is 915. The molecule has 9 heteroatoms. The summed E-state index contributed by atoms with van der Waals surface area (Å²) in [5.41, 5.74) is -0.321. The lowest BCUT2D eigenvalue weighted by molar-refractivity contribution is -0.137. The van der Waals surface area contributed by atoms with Gasteiger partial charge in [-0.2, -0.15) is 13.2 Å². The second kappa shape index (κ2) is 8.74. The van der Waals surface area contributed by atoms with Gasteiger partial charge in [0.25, 0.3) is 5.91 Å². The molecule has 1 N–H and O–H groups in total. The Labute approximate surface area is 171 Å². The minimum atomic E-state index is -4.58. The molecule has 0 radical (unpaired) electrons. The highest BCUT2D eigenvalue weighted by atomic mass is 19.4. The van der Waals surface area contributed by atoms with Gasteiger partial charge in [-0.1, -0.05) is 18.2 Å². The Morgan fingerprint density at radius 1 is 1.17 bits per heavy atom. The Balaban J connectivity index is 1.74. The molecule has 3 rings (SSSR count). The van der Waals surface area contributed by atoms with Gasteiger partial charge in [-0.3, -0.25) is 9.59 Å². The van der Waals surface area contributed by atoms with Crippen LogP contribution in [0.15, 0.2) is 48.5 Å². The summed E-state index contributed by atoms with van der Waals surface area (Å²) in [7, 11) is 1.54. The van der Waals surface area contributed by atoms with E-state index in [0.717, 1.165) is 28.7 Å². The molecule has 0 saturated carbocycles. The SMILES string of the molecule is COc1ccc(CN2CC(O)CN(C(=O)c3cccc(C(F)(F)F)c3)CC2=O)cc1.